The predicted molar refractivity (Wildman–Crippen MR) is 131 cm³/mol. The second-order valence-corrected chi connectivity index (χ2v) is 7.62. The largest absolute Gasteiger partial charge is 0.487 e. The molecule has 4 rings (SSSR count). The van der Waals surface area contributed by atoms with Crippen LogP contribution in [0.3, 0.4) is 0 Å². The number of rotatable bonds is 6. The Morgan fingerprint density at radius 3 is 2.21 bits per heavy atom. The number of benzene rings is 3. The fourth-order valence-corrected chi connectivity index (χ4v) is 3.33. The Kier molecular flexibility index (Phi) is 6.28. The fraction of sp³-hybridized carbons (Fsp3) is 0.0417. The zero-order chi connectivity index (χ0) is 23.4. The Balaban J connectivity index is 1.47. The minimum Gasteiger partial charge on any atom is -0.487 e. The van der Waals surface area contributed by atoms with Gasteiger partial charge in [-0.3, -0.25) is 4.79 Å². The zero-order valence-corrected chi connectivity index (χ0v) is 18.2. The van der Waals surface area contributed by atoms with Crippen LogP contribution in [0.1, 0.15) is 16.1 Å². The van der Waals surface area contributed by atoms with Crippen LogP contribution in [0.25, 0.3) is 11.1 Å². The summed E-state index contributed by atoms with van der Waals surface area (Å²) in [5.41, 5.74) is 21.3. The third-order valence-electron chi connectivity index (χ3n) is 4.82. The summed E-state index contributed by atoms with van der Waals surface area (Å²) in [5, 5.41) is 3.44. The maximum atomic E-state index is 12.3. The number of ether oxygens (including phenoxy) is 1. The van der Waals surface area contributed by atoms with E-state index in [1.54, 1.807) is 60.7 Å². The van der Waals surface area contributed by atoms with Crippen LogP contribution in [0.2, 0.25) is 5.02 Å². The van der Waals surface area contributed by atoms with E-state index in [0.717, 1.165) is 5.56 Å². The van der Waals surface area contributed by atoms with E-state index in [1.807, 2.05) is 12.1 Å². The molecule has 1 aromatic heterocycles. The van der Waals surface area contributed by atoms with Crippen LogP contribution < -0.4 is 27.3 Å². The average Bonchev–Trinajstić information content (AvgIpc) is 2.79. The Bertz CT molecular complexity index is 1280. The molecular formula is C24H21ClN6O2. The van der Waals surface area contributed by atoms with E-state index in [2.05, 4.69) is 15.3 Å². The highest BCUT2D eigenvalue weighted by Gasteiger charge is 2.15. The van der Waals surface area contributed by atoms with E-state index < -0.39 is 0 Å². The molecule has 166 valence electrons. The number of carbonyl (C=O) groups is 1. The minimum atomic E-state index is -0.233. The van der Waals surface area contributed by atoms with Gasteiger partial charge in [0.05, 0.1) is 5.69 Å². The Morgan fingerprint density at radius 1 is 0.879 bits per heavy atom. The molecule has 1 amide bonds. The van der Waals surface area contributed by atoms with Gasteiger partial charge in [-0.2, -0.15) is 4.98 Å². The molecule has 3 aromatic carbocycles. The van der Waals surface area contributed by atoms with Gasteiger partial charge in [0.25, 0.3) is 5.91 Å². The van der Waals surface area contributed by atoms with Gasteiger partial charge in [-0.15, -0.1) is 0 Å². The molecule has 33 heavy (non-hydrogen) atoms. The summed E-state index contributed by atoms with van der Waals surface area (Å²) < 4.78 is 5.89. The van der Waals surface area contributed by atoms with Crippen molar-refractivity contribution in [3.63, 3.8) is 0 Å². The lowest BCUT2D eigenvalue weighted by Gasteiger charge is -2.13. The number of hydrogen-bond acceptors (Lipinski definition) is 7. The van der Waals surface area contributed by atoms with Gasteiger partial charge in [-0.25, -0.2) is 4.98 Å². The van der Waals surface area contributed by atoms with Crippen molar-refractivity contribution < 1.29 is 9.53 Å². The van der Waals surface area contributed by atoms with Crippen LogP contribution >= 0.6 is 11.6 Å². The number of nitrogen functional groups attached to an aromatic ring is 3. The quantitative estimate of drug-likeness (QED) is 0.313. The van der Waals surface area contributed by atoms with E-state index in [-0.39, 0.29) is 24.3 Å². The van der Waals surface area contributed by atoms with Crippen molar-refractivity contribution >= 4 is 40.6 Å². The van der Waals surface area contributed by atoms with Gasteiger partial charge in [0, 0.05) is 27.5 Å². The molecule has 1 heterocycles. The maximum absolute atomic E-state index is 12.3. The van der Waals surface area contributed by atoms with E-state index in [0.29, 0.717) is 39.0 Å². The molecule has 4 aromatic rings. The van der Waals surface area contributed by atoms with Crippen molar-refractivity contribution in [2.24, 2.45) is 0 Å². The summed E-state index contributed by atoms with van der Waals surface area (Å²) in [6, 6.07) is 20.8. The highest BCUT2D eigenvalue weighted by Crippen LogP contribution is 2.30. The number of anilines is 4. The summed E-state index contributed by atoms with van der Waals surface area (Å²) in [6.45, 7) is 0.117. The molecule has 7 N–H and O–H groups in total. The topological polar surface area (TPSA) is 142 Å². The Labute approximate surface area is 195 Å². The van der Waals surface area contributed by atoms with Gasteiger partial charge < -0.3 is 27.3 Å². The predicted octanol–water partition coefficient (Wildman–Crippen LogP) is 4.37. The molecule has 0 saturated heterocycles. The molecule has 0 spiro atoms. The SMILES string of the molecule is Nc1ccc(C(=O)Nc2ccc(OCc3nc(N)nc(N)c3-c3ccc(Cl)cc3)cc2)cc1. The molecule has 0 aliphatic heterocycles. The number of hydrogen-bond donors (Lipinski definition) is 4. The van der Waals surface area contributed by atoms with E-state index in [1.165, 1.54) is 0 Å². The number of amides is 1. The number of nitrogens with two attached hydrogens (primary N) is 3. The molecule has 0 atom stereocenters. The molecule has 0 fully saturated rings. The summed E-state index contributed by atoms with van der Waals surface area (Å²) in [4.78, 5) is 20.7. The van der Waals surface area contributed by atoms with Gasteiger partial charge in [0.2, 0.25) is 5.95 Å². The van der Waals surface area contributed by atoms with Gasteiger partial charge in [0.15, 0.2) is 0 Å². The average molecular weight is 461 g/mol. The summed E-state index contributed by atoms with van der Waals surface area (Å²) in [6.07, 6.45) is 0. The smallest absolute Gasteiger partial charge is 0.255 e. The second kappa shape index (κ2) is 9.46. The third kappa shape index (κ3) is 5.31. The molecule has 9 heteroatoms. The van der Waals surface area contributed by atoms with Crippen LogP contribution in [0.4, 0.5) is 23.1 Å². The summed E-state index contributed by atoms with van der Waals surface area (Å²) in [7, 11) is 0. The molecule has 8 nitrogen and oxygen atoms in total. The number of aromatic nitrogens is 2. The minimum absolute atomic E-state index is 0.0598. The Morgan fingerprint density at radius 2 is 1.55 bits per heavy atom. The number of halogens is 1. The lowest BCUT2D eigenvalue weighted by molar-refractivity contribution is 0.102. The zero-order valence-electron chi connectivity index (χ0n) is 17.5. The normalized spacial score (nSPS) is 10.6. The highest BCUT2D eigenvalue weighted by atomic mass is 35.5. The Hall–Kier alpha value is -4.30. The van der Waals surface area contributed by atoms with Crippen LogP contribution in [0.15, 0.2) is 72.8 Å². The number of carbonyl (C=O) groups excluding carboxylic acids is 1. The van der Waals surface area contributed by atoms with Crippen molar-refractivity contribution in [1.29, 1.82) is 0 Å². The van der Waals surface area contributed by atoms with Crippen molar-refractivity contribution in [1.82, 2.24) is 9.97 Å². The lowest BCUT2D eigenvalue weighted by atomic mass is 10.0. The van der Waals surface area contributed by atoms with E-state index >= 15 is 0 Å². The van der Waals surface area contributed by atoms with Crippen LogP contribution in [-0.2, 0) is 6.61 Å². The third-order valence-corrected chi connectivity index (χ3v) is 5.07. The van der Waals surface area contributed by atoms with Gasteiger partial charge in [0.1, 0.15) is 18.2 Å². The molecule has 0 bridgehead atoms. The monoisotopic (exact) mass is 460 g/mol. The van der Waals surface area contributed by atoms with Crippen LogP contribution in [0, 0.1) is 0 Å². The molecule has 0 radical (unpaired) electrons. The van der Waals surface area contributed by atoms with Crippen molar-refractivity contribution in [2.45, 2.75) is 6.61 Å². The standard InChI is InChI=1S/C24H21ClN6O2/c25-16-5-1-14(2-6-16)21-20(30-24(28)31-22(21)27)13-33-19-11-9-18(10-12-19)29-23(32)15-3-7-17(26)8-4-15/h1-12H,13,26H2,(H,29,32)(H4,27,28,30,31). The van der Waals surface area contributed by atoms with Crippen molar-refractivity contribution in [2.75, 3.05) is 22.5 Å². The molecule has 0 aliphatic carbocycles. The molecule has 0 unspecified atom stereocenters. The molecular weight excluding hydrogens is 440 g/mol. The first kappa shape index (κ1) is 21.9. The first-order valence-corrected chi connectivity index (χ1v) is 10.3. The lowest BCUT2D eigenvalue weighted by Crippen LogP contribution is -2.11. The van der Waals surface area contributed by atoms with E-state index in [4.69, 9.17) is 33.5 Å². The summed E-state index contributed by atoms with van der Waals surface area (Å²) >= 11 is 5.99. The van der Waals surface area contributed by atoms with Crippen LogP contribution in [0.5, 0.6) is 5.75 Å². The van der Waals surface area contributed by atoms with Crippen LogP contribution in [-0.4, -0.2) is 15.9 Å². The number of nitrogens with zero attached hydrogens (tertiary/aromatic N) is 2. The fourth-order valence-electron chi connectivity index (χ4n) is 3.21. The van der Waals surface area contributed by atoms with Gasteiger partial charge >= 0.3 is 0 Å². The number of nitrogens with one attached hydrogen (secondary N) is 1. The maximum Gasteiger partial charge on any atom is 0.255 e. The molecule has 0 saturated carbocycles. The van der Waals surface area contributed by atoms with E-state index in [9.17, 15) is 4.79 Å². The van der Waals surface area contributed by atoms with Crippen molar-refractivity contribution in [3.05, 3.63) is 89.1 Å². The highest BCUT2D eigenvalue weighted by molar-refractivity contribution is 6.30. The van der Waals surface area contributed by atoms with Crippen molar-refractivity contribution in [3.8, 4) is 16.9 Å². The first-order chi connectivity index (χ1) is 15.9. The first-order valence-electron chi connectivity index (χ1n) is 9.96. The summed E-state index contributed by atoms with van der Waals surface area (Å²) in [5.74, 6) is 0.662. The molecule has 0 aliphatic rings. The van der Waals surface area contributed by atoms with Gasteiger partial charge in [-0.05, 0) is 66.2 Å². The second-order valence-electron chi connectivity index (χ2n) is 7.18. The van der Waals surface area contributed by atoms with Gasteiger partial charge in [-0.1, -0.05) is 23.7 Å².